The SMILES string of the molecule is CCOC(C#N)C1=CCC(C(=N)SC(C)=N)C=C1. The maximum atomic E-state index is 8.98. The molecule has 0 spiro atoms. The van der Waals surface area contributed by atoms with E-state index in [1.165, 1.54) is 11.8 Å². The summed E-state index contributed by atoms with van der Waals surface area (Å²) in [5.41, 5.74) is 0.861. The second-order valence-electron chi connectivity index (χ2n) is 3.89. The summed E-state index contributed by atoms with van der Waals surface area (Å²) in [7, 11) is 0. The summed E-state index contributed by atoms with van der Waals surface area (Å²) in [4.78, 5) is 0. The van der Waals surface area contributed by atoms with Gasteiger partial charge in [0.2, 0.25) is 0 Å². The van der Waals surface area contributed by atoms with Gasteiger partial charge in [-0.2, -0.15) is 5.26 Å². The standard InChI is InChI=1S/C13H17N3OS/c1-3-17-12(8-14)10-4-6-11(7-5-10)13(16)18-9(2)15/h4-6,11-12,15-16H,3,7H2,1-2H3. The highest BCUT2D eigenvalue weighted by Crippen LogP contribution is 2.24. The van der Waals surface area contributed by atoms with Crippen LogP contribution in [0.3, 0.4) is 0 Å². The normalized spacial score (nSPS) is 19.8. The molecule has 0 aliphatic heterocycles. The van der Waals surface area contributed by atoms with Crippen LogP contribution < -0.4 is 0 Å². The number of thioether (sulfide) groups is 1. The minimum absolute atomic E-state index is 0.0139. The monoisotopic (exact) mass is 263 g/mol. The molecule has 0 aromatic rings. The summed E-state index contributed by atoms with van der Waals surface area (Å²) in [6.07, 6.45) is 5.89. The quantitative estimate of drug-likeness (QED) is 0.604. The van der Waals surface area contributed by atoms with Crippen LogP contribution in [0.1, 0.15) is 20.3 Å². The first kappa shape index (κ1) is 14.7. The molecule has 1 rings (SSSR count). The molecule has 0 saturated carbocycles. The first-order chi connectivity index (χ1) is 8.58. The molecule has 0 aromatic carbocycles. The van der Waals surface area contributed by atoms with E-state index < -0.39 is 6.10 Å². The molecule has 2 N–H and O–H groups in total. The van der Waals surface area contributed by atoms with Gasteiger partial charge < -0.3 is 4.74 Å². The number of ether oxygens (including phenoxy) is 1. The molecule has 5 heteroatoms. The summed E-state index contributed by atoms with van der Waals surface area (Å²) in [6, 6.07) is 2.11. The predicted molar refractivity (Wildman–Crippen MR) is 75.1 cm³/mol. The molecule has 0 bridgehead atoms. The lowest BCUT2D eigenvalue weighted by atomic mass is 9.95. The second kappa shape index (κ2) is 7.14. The predicted octanol–water partition coefficient (Wildman–Crippen LogP) is 3.13. The van der Waals surface area contributed by atoms with Crippen LogP contribution in [0.5, 0.6) is 0 Å². The van der Waals surface area contributed by atoms with Crippen molar-refractivity contribution >= 4 is 21.8 Å². The third-order valence-corrected chi connectivity index (χ3v) is 3.31. The first-order valence-electron chi connectivity index (χ1n) is 5.79. The van der Waals surface area contributed by atoms with Gasteiger partial charge in [0.05, 0.1) is 16.2 Å². The van der Waals surface area contributed by atoms with Crippen molar-refractivity contribution in [3.8, 4) is 6.07 Å². The summed E-state index contributed by atoms with van der Waals surface area (Å²) in [5, 5.41) is 25.1. The Hall–Kier alpha value is -1.38. The Bertz CT molecular complexity index is 434. The number of nitriles is 1. The number of nitrogens with one attached hydrogen (secondary N) is 2. The first-order valence-corrected chi connectivity index (χ1v) is 6.61. The van der Waals surface area contributed by atoms with E-state index in [-0.39, 0.29) is 5.92 Å². The van der Waals surface area contributed by atoms with Crippen molar-refractivity contribution in [3.05, 3.63) is 23.8 Å². The fraction of sp³-hybridized carbons (Fsp3) is 0.462. The molecule has 0 aromatic heterocycles. The van der Waals surface area contributed by atoms with Crippen molar-refractivity contribution in [3.63, 3.8) is 0 Å². The van der Waals surface area contributed by atoms with E-state index in [2.05, 4.69) is 6.07 Å². The lowest BCUT2D eigenvalue weighted by Crippen LogP contribution is -2.17. The van der Waals surface area contributed by atoms with Crippen molar-refractivity contribution in [1.82, 2.24) is 0 Å². The number of nitrogens with zero attached hydrogens (tertiary/aromatic N) is 1. The van der Waals surface area contributed by atoms with E-state index in [1.807, 2.05) is 25.2 Å². The fourth-order valence-corrected chi connectivity index (χ4v) is 2.30. The molecule has 0 saturated heterocycles. The highest BCUT2D eigenvalue weighted by Gasteiger charge is 2.19. The molecular weight excluding hydrogens is 246 g/mol. The van der Waals surface area contributed by atoms with E-state index in [9.17, 15) is 0 Å². The summed E-state index contributed by atoms with van der Waals surface area (Å²) in [5.74, 6) is 0.0139. The zero-order chi connectivity index (χ0) is 13.5. The van der Waals surface area contributed by atoms with Crippen molar-refractivity contribution in [1.29, 1.82) is 16.1 Å². The molecule has 2 atom stereocenters. The van der Waals surface area contributed by atoms with Crippen molar-refractivity contribution in [2.45, 2.75) is 26.4 Å². The molecule has 0 fully saturated rings. The Kier molecular flexibility index (Phi) is 5.83. The van der Waals surface area contributed by atoms with Crippen LogP contribution in [0.25, 0.3) is 0 Å². The van der Waals surface area contributed by atoms with Gasteiger partial charge in [0.25, 0.3) is 0 Å². The Balaban J connectivity index is 2.61. The number of rotatable bonds is 4. The van der Waals surface area contributed by atoms with Crippen LogP contribution in [-0.4, -0.2) is 22.8 Å². The molecule has 2 unspecified atom stereocenters. The van der Waals surface area contributed by atoms with E-state index in [1.54, 1.807) is 6.92 Å². The molecule has 1 aliphatic carbocycles. The molecule has 18 heavy (non-hydrogen) atoms. The van der Waals surface area contributed by atoms with Gasteiger partial charge in [0.1, 0.15) is 0 Å². The van der Waals surface area contributed by atoms with E-state index in [4.69, 9.17) is 20.8 Å². The molecule has 1 aliphatic rings. The molecule has 96 valence electrons. The smallest absolute Gasteiger partial charge is 0.168 e. The zero-order valence-electron chi connectivity index (χ0n) is 10.6. The Morgan fingerprint density at radius 2 is 2.39 bits per heavy atom. The maximum absolute atomic E-state index is 8.98. The lowest BCUT2D eigenvalue weighted by Gasteiger charge is -2.18. The minimum atomic E-state index is -0.515. The molecule has 0 radical (unpaired) electrons. The highest BCUT2D eigenvalue weighted by molar-refractivity contribution is 8.26. The Morgan fingerprint density at radius 3 is 2.83 bits per heavy atom. The van der Waals surface area contributed by atoms with Crippen molar-refractivity contribution in [2.24, 2.45) is 5.92 Å². The fourth-order valence-electron chi connectivity index (χ4n) is 1.64. The van der Waals surface area contributed by atoms with Gasteiger partial charge in [-0.05, 0) is 25.8 Å². The van der Waals surface area contributed by atoms with Crippen LogP contribution in [0.4, 0.5) is 0 Å². The summed E-state index contributed by atoms with van der Waals surface area (Å²) < 4.78 is 5.32. The summed E-state index contributed by atoms with van der Waals surface area (Å²) >= 11 is 1.18. The van der Waals surface area contributed by atoms with Crippen molar-refractivity contribution < 1.29 is 4.74 Å². The lowest BCUT2D eigenvalue weighted by molar-refractivity contribution is 0.127. The van der Waals surface area contributed by atoms with Gasteiger partial charge in [-0.25, -0.2) is 0 Å². The van der Waals surface area contributed by atoms with Gasteiger partial charge >= 0.3 is 0 Å². The van der Waals surface area contributed by atoms with Crippen LogP contribution in [-0.2, 0) is 4.74 Å². The summed E-state index contributed by atoms with van der Waals surface area (Å²) in [6.45, 7) is 4.04. The van der Waals surface area contributed by atoms with Crippen LogP contribution in [0.2, 0.25) is 0 Å². The van der Waals surface area contributed by atoms with Crippen LogP contribution in [0.15, 0.2) is 23.8 Å². The van der Waals surface area contributed by atoms with E-state index >= 15 is 0 Å². The van der Waals surface area contributed by atoms with Gasteiger partial charge in [-0.15, -0.1) is 0 Å². The second-order valence-corrected chi connectivity index (χ2v) is 5.15. The van der Waals surface area contributed by atoms with E-state index in [0.717, 1.165) is 5.57 Å². The van der Waals surface area contributed by atoms with Crippen LogP contribution in [0, 0.1) is 28.1 Å². The van der Waals surface area contributed by atoms with Gasteiger partial charge in [-0.1, -0.05) is 30.0 Å². The average molecular weight is 263 g/mol. The molecule has 0 heterocycles. The van der Waals surface area contributed by atoms with Gasteiger partial charge in [-0.3, -0.25) is 10.8 Å². The maximum Gasteiger partial charge on any atom is 0.168 e. The zero-order valence-corrected chi connectivity index (χ0v) is 11.4. The van der Waals surface area contributed by atoms with Crippen molar-refractivity contribution in [2.75, 3.05) is 6.61 Å². The largest absolute Gasteiger partial charge is 0.359 e. The molecule has 4 nitrogen and oxygen atoms in total. The third-order valence-electron chi connectivity index (χ3n) is 2.48. The van der Waals surface area contributed by atoms with Crippen LogP contribution >= 0.6 is 11.8 Å². The van der Waals surface area contributed by atoms with E-state index in [0.29, 0.717) is 23.1 Å². The Morgan fingerprint density at radius 1 is 1.67 bits per heavy atom. The Labute approximate surface area is 112 Å². The number of hydrogen-bond acceptors (Lipinski definition) is 5. The van der Waals surface area contributed by atoms with Gasteiger partial charge in [0.15, 0.2) is 6.10 Å². The topological polar surface area (TPSA) is 80.7 Å². The molecule has 0 amide bonds. The highest BCUT2D eigenvalue weighted by atomic mass is 32.2. The average Bonchev–Trinajstić information content (AvgIpc) is 2.35. The number of allylic oxidation sites excluding steroid dienone is 2. The molecular formula is C13H17N3OS. The third kappa shape index (κ3) is 4.13. The number of hydrogen-bond donors (Lipinski definition) is 2. The van der Waals surface area contributed by atoms with Gasteiger partial charge in [0, 0.05) is 12.5 Å². The minimum Gasteiger partial charge on any atom is -0.359 e.